The predicted octanol–water partition coefficient (Wildman–Crippen LogP) is 4.49. The molecule has 3 N–H and O–H groups in total. The number of para-hydroxylation sites is 1. The van der Waals surface area contributed by atoms with Crippen LogP contribution in [0.3, 0.4) is 0 Å². The van der Waals surface area contributed by atoms with Crippen molar-refractivity contribution in [2.45, 2.75) is 51.0 Å². The Labute approximate surface area is 166 Å². The van der Waals surface area contributed by atoms with Gasteiger partial charge in [0, 0.05) is 18.8 Å². The van der Waals surface area contributed by atoms with Crippen molar-refractivity contribution in [2.24, 2.45) is 17.8 Å². The maximum absolute atomic E-state index is 10.6. The van der Waals surface area contributed by atoms with Gasteiger partial charge in [-0.15, -0.1) is 0 Å². The monoisotopic (exact) mass is 386 g/mol. The Morgan fingerprint density at radius 2 is 1.96 bits per heavy atom. The summed E-state index contributed by atoms with van der Waals surface area (Å²) in [5.41, 5.74) is 1.34. The average Bonchev–Trinajstić information content (AvgIpc) is 3.18. The van der Waals surface area contributed by atoms with E-state index in [0.717, 1.165) is 25.0 Å². The number of aliphatic hydroxyl groups excluding tert-OH is 2. The van der Waals surface area contributed by atoms with Gasteiger partial charge in [-0.05, 0) is 62.1 Å². The third kappa shape index (κ3) is 5.38. The Hall–Kier alpha value is -2.27. The second-order valence-electron chi connectivity index (χ2n) is 7.87. The molecule has 2 aliphatic carbocycles. The molecule has 1 fully saturated rings. The van der Waals surface area contributed by atoms with E-state index < -0.39 is 12.1 Å². The largest absolute Gasteiger partial charge is 0.512 e. The van der Waals surface area contributed by atoms with Crippen molar-refractivity contribution in [1.82, 2.24) is 0 Å². The van der Waals surface area contributed by atoms with Crippen LogP contribution in [0.1, 0.15) is 44.9 Å². The molecule has 3 rings (SSSR count). The number of fused-ring (bicyclic) bond motifs is 1. The number of hydrogen-bond donors (Lipinski definition) is 3. The Morgan fingerprint density at radius 3 is 2.71 bits per heavy atom. The quantitative estimate of drug-likeness (QED) is 0.313. The summed E-state index contributed by atoms with van der Waals surface area (Å²) in [7, 11) is 0. The number of aliphatic hydroxyl groups is 2. The summed E-state index contributed by atoms with van der Waals surface area (Å²) >= 11 is 0. The molecule has 152 valence electrons. The molecule has 1 aromatic rings. The summed E-state index contributed by atoms with van der Waals surface area (Å²) in [6.07, 6.45) is 8.40. The normalized spacial score (nSPS) is 26.8. The summed E-state index contributed by atoms with van der Waals surface area (Å²) in [5.74, 6) is 0.684. The minimum absolute atomic E-state index is 0.213. The highest BCUT2D eigenvalue weighted by Gasteiger charge is 2.46. The van der Waals surface area contributed by atoms with Gasteiger partial charge in [0.15, 0.2) is 0 Å². The summed E-state index contributed by atoms with van der Waals surface area (Å²) in [4.78, 5) is 10.6. The fraction of sp³-hybridized carbons (Fsp3) is 0.522. The van der Waals surface area contributed by atoms with Crippen LogP contribution in [0.2, 0.25) is 0 Å². The molecule has 0 bridgehead atoms. The van der Waals surface area contributed by atoms with Crippen molar-refractivity contribution in [2.75, 3.05) is 6.61 Å². The molecule has 0 spiro atoms. The lowest BCUT2D eigenvalue weighted by atomic mass is 9.87. The molecule has 0 radical (unpaired) electrons. The number of carboxylic acids is 1. The molecule has 1 aromatic carbocycles. The van der Waals surface area contributed by atoms with Gasteiger partial charge in [0.1, 0.15) is 5.75 Å². The fourth-order valence-electron chi connectivity index (χ4n) is 4.56. The zero-order chi connectivity index (χ0) is 19.9. The standard InChI is InChI=1S/C23H30O5/c24-20(10-6-12-28-18-8-2-1-3-9-18)23-19-14-16(7-4-5-11-22(26)27)13-17(19)15-21(23)25/h1-3,8-10,13,17,19,21,23-25H,4-7,11-12,14-15H2,(H,26,27)/t17-,19-,21+,23-/m1/s1. The highest BCUT2D eigenvalue weighted by atomic mass is 16.5. The number of allylic oxidation sites excluding steroid dienone is 2. The molecule has 5 nitrogen and oxygen atoms in total. The molecule has 28 heavy (non-hydrogen) atoms. The third-order valence-electron chi connectivity index (χ3n) is 5.85. The molecule has 5 heteroatoms. The SMILES string of the molecule is O=C(O)CCCCC1=C[C@@H]2C[C@H](O)[C@@H](C(O)=CCCOc3ccccc3)[C@@H]2C1. The van der Waals surface area contributed by atoms with Crippen LogP contribution in [0.5, 0.6) is 5.75 Å². The zero-order valence-electron chi connectivity index (χ0n) is 16.2. The second kappa shape index (κ2) is 9.78. The molecule has 1 saturated carbocycles. The summed E-state index contributed by atoms with van der Waals surface area (Å²) in [6.45, 7) is 0.484. The van der Waals surface area contributed by atoms with E-state index in [4.69, 9.17) is 9.84 Å². The summed E-state index contributed by atoms with van der Waals surface area (Å²) in [5, 5.41) is 29.7. The smallest absolute Gasteiger partial charge is 0.303 e. The molecule has 0 unspecified atom stereocenters. The average molecular weight is 386 g/mol. The minimum Gasteiger partial charge on any atom is -0.512 e. The van der Waals surface area contributed by atoms with Gasteiger partial charge in [-0.3, -0.25) is 4.79 Å². The molecule has 0 aliphatic heterocycles. The fourth-order valence-corrected chi connectivity index (χ4v) is 4.56. The molecular formula is C23H30O5. The van der Waals surface area contributed by atoms with Crippen molar-refractivity contribution < 1.29 is 24.9 Å². The van der Waals surface area contributed by atoms with E-state index in [1.165, 1.54) is 5.57 Å². The lowest BCUT2D eigenvalue weighted by Crippen LogP contribution is -2.22. The number of rotatable bonds is 10. The van der Waals surface area contributed by atoms with Crippen LogP contribution in [0.15, 0.2) is 53.8 Å². The van der Waals surface area contributed by atoms with E-state index in [1.54, 1.807) is 6.08 Å². The Bertz CT molecular complexity index is 709. The summed E-state index contributed by atoms with van der Waals surface area (Å²) < 4.78 is 5.65. The lowest BCUT2D eigenvalue weighted by molar-refractivity contribution is -0.137. The van der Waals surface area contributed by atoms with Gasteiger partial charge in [-0.1, -0.05) is 29.8 Å². The number of aliphatic carboxylic acids is 1. The molecule has 0 saturated heterocycles. The molecule has 0 amide bonds. The van der Waals surface area contributed by atoms with E-state index in [0.29, 0.717) is 31.8 Å². The molecule has 0 heterocycles. The van der Waals surface area contributed by atoms with Crippen molar-refractivity contribution in [3.05, 3.63) is 53.8 Å². The van der Waals surface area contributed by atoms with Gasteiger partial charge in [-0.2, -0.15) is 0 Å². The first-order valence-electron chi connectivity index (χ1n) is 10.2. The Kier molecular flexibility index (Phi) is 7.15. The predicted molar refractivity (Wildman–Crippen MR) is 107 cm³/mol. The van der Waals surface area contributed by atoms with Gasteiger partial charge in [0.05, 0.1) is 18.5 Å². The van der Waals surface area contributed by atoms with Crippen LogP contribution in [-0.2, 0) is 4.79 Å². The molecule has 0 aromatic heterocycles. The lowest BCUT2D eigenvalue weighted by Gasteiger charge is -2.21. The molecule has 2 aliphatic rings. The first-order valence-corrected chi connectivity index (χ1v) is 10.2. The first-order chi connectivity index (χ1) is 13.5. The van der Waals surface area contributed by atoms with E-state index in [2.05, 4.69) is 6.08 Å². The van der Waals surface area contributed by atoms with Gasteiger partial charge >= 0.3 is 5.97 Å². The number of carboxylic acid groups (broad SMARTS) is 1. The van der Waals surface area contributed by atoms with E-state index in [1.807, 2.05) is 30.3 Å². The van der Waals surface area contributed by atoms with Gasteiger partial charge < -0.3 is 20.1 Å². The van der Waals surface area contributed by atoms with Crippen molar-refractivity contribution in [3.63, 3.8) is 0 Å². The van der Waals surface area contributed by atoms with Crippen molar-refractivity contribution >= 4 is 5.97 Å². The van der Waals surface area contributed by atoms with E-state index in [-0.39, 0.29) is 24.0 Å². The second-order valence-corrected chi connectivity index (χ2v) is 7.87. The van der Waals surface area contributed by atoms with Crippen LogP contribution >= 0.6 is 0 Å². The van der Waals surface area contributed by atoms with Crippen LogP contribution < -0.4 is 4.74 Å². The number of unbranched alkanes of at least 4 members (excludes halogenated alkanes) is 1. The maximum Gasteiger partial charge on any atom is 0.303 e. The maximum atomic E-state index is 10.6. The Balaban J connectivity index is 1.47. The van der Waals surface area contributed by atoms with Gasteiger partial charge in [0.25, 0.3) is 0 Å². The zero-order valence-corrected chi connectivity index (χ0v) is 16.2. The van der Waals surface area contributed by atoms with Crippen molar-refractivity contribution in [1.29, 1.82) is 0 Å². The van der Waals surface area contributed by atoms with E-state index >= 15 is 0 Å². The number of hydrogen-bond acceptors (Lipinski definition) is 4. The van der Waals surface area contributed by atoms with Gasteiger partial charge in [0.2, 0.25) is 0 Å². The summed E-state index contributed by atoms with van der Waals surface area (Å²) in [6, 6.07) is 9.58. The van der Waals surface area contributed by atoms with Crippen LogP contribution in [0.4, 0.5) is 0 Å². The number of ether oxygens (including phenoxy) is 1. The highest BCUT2D eigenvalue weighted by Crippen LogP contribution is 2.49. The highest BCUT2D eigenvalue weighted by molar-refractivity contribution is 5.66. The van der Waals surface area contributed by atoms with Crippen LogP contribution in [-0.4, -0.2) is 34.0 Å². The van der Waals surface area contributed by atoms with Crippen LogP contribution in [0.25, 0.3) is 0 Å². The van der Waals surface area contributed by atoms with Gasteiger partial charge in [-0.25, -0.2) is 0 Å². The van der Waals surface area contributed by atoms with Crippen LogP contribution in [0, 0.1) is 17.8 Å². The number of benzene rings is 1. The first kappa shape index (κ1) is 20.5. The molecular weight excluding hydrogens is 356 g/mol. The third-order valence-corrected chi connectivity index (χ3v) is 5.85. The number of carbonyl (C=O) groups is 1. The molecule has 4 atom stereocenters. The van der Waals surface area contributed by atoms with Crippen molar-refractivity contribution in [3.8, 4) is 5.75 Å². The van der Waals surface area contributed by atoms with E-state index in [9.17, 15) is 15.0 Å². The minimum atomic E-state index is -0.744. The topological polar surface area (TPSA) is 87.0 Å². The Morgan fingerprint density at radius 1 is 1.18 bits per heavy atom.